The van der Waals surface area contributed by atoms with Gasteiger partial charge in [-0.05, 0) is 19.2 Å². The molecule has 0 spiro atoms. The van der Waals surface area contributed by atoms with Crippen molar-refractivity contribution in [1.82, 2.24) is 15.4 Å². The number of anilines is 1. The molecule has 3 rings (SSSR count). The zero-order valence-corrected chi connectivity index (χ0v) is 12.5. The molecule has 2 aromatic rings. The molecule has 5 nitrogen and oxygen atoms in total. The average Bonchev–Trinajstić information content (AvgIpc) is 2.97. The van der Waals surface area contributed by atoms with E-state index in [1.54, 1.807) is 0 Å². The number of nitrogens with zero attached hydrogens (tertiary/aromatic N) is 3. The highest BCUT2D eigenvalue weighted by molar-refractivity contribution is 5.46. The summed E-state index contributed by atoms with van der Waals surface area (Å²) in [6.07, 6.45) is 0. The maximum absolute atomic E-state index is 5.39. The predicted molar refractivity (Wildman–Crippen MR) is 83.2 cm³/mol. The van der Waals surface area contributed by atoms with Crippen molar-refractivity contribution < 1.29 is 4.52 Å². The van der Waals surface area contributed by atoms with Crippen LogP contribution < -0.4 is 10.2 Å². The molecule has 1 saturated heterocycles. The Morgan fingerprint density at radius 3 is 2.62 bits per heavy atom. The van der Waals surface area contributed by atoms with Gasteiger partial charge in [0, 0.05) is 44.5 Å². The molecule has 0 atom stereocenters. The standard InChI is InChI=1S/C16H22N4O/c1-17-12-14-11-16(21-18-14)13-19-7-9-20(10-8-19)15-5-3-2-4-6-15/h2-6,11,17H,7-10,12-13H2,1H3. The number of nitrogens with one attached hydrogen (secondary N) is 1. The van der Waals surface area contributed by atoms with E-state index in [4.69, 9.17) is 4.52 Å². The molecule has 0 saturated carbocycles. The van der Waals surface area contributed by atoms with Crippen molar-refractivity contribution in [2.75, 3.05) is 38.1 Å². The van der Waals surface area contributed by atoms with Crippen LogP contribution in [0.5, 0.6) is 0 Å². The van der Waals surface area contributed by atoms with E-state index in [1.807, 2.05) is 13.1 Å². The molecule has 0 aliphatic carbocycles. The number of hydrogen-bond acceptors (Lipinski definition) is 5. The molecule has 21 heavy (non-hydrogen) atoms. The molecule has 1 aromatic carbocycles. The molecule has 1 aromatic heterocycles. The van der Waals surface area contributed by atoms with Gasteiger partial charge in [0.05, 0.1) is 12.2 Å². The number of rotatable bonds is 5. The Bertz CT molecular complexity index is 546. The Morgan fingerprint density at radius 1 is 1.14 bits per heavy atom. The fourth-order valence-electron chi connectivity index (χ4n) is 2.72. The molecule has 0 amide bonds. The quantitative estimate of drug-likeness (QED) is 0.906. The molecule has 1 aliphatic heterocycles. The first-order valence-corrected chi connectivity index (χ1v) is 7.46. The fraction of sp³-hybridized carbons (Fsp3) is 0.438. The SMILES string of the molecule is CNCc1cc(CN2CCN(c3ccccc3)CC2)on1. The molecule has 0 unspecified atom stereocenters. The van der Waals surface area contributed by atoms with Gasteiger partial charge in [-0.3, -0.25) is 4.90 Å². The molecule has 2 heterocycles. The van der Waals surface area contributed by atoms with Crippen LogP contribution in [0.15, 0.2) is 40.9 Å². The van der Waals surface area contributed by atoms with Crippen LogP contribution in [0.3, 0.4) is 0 Å². The Hall–Kier alpha value is -1.85. The van der Waals surface area contributed by atoms with Gasteiger partial charge in [-0.1, -0.05) is 23.4 Å². The number of benzene rings is 1. The minimum absolute atomic E-state index is 0.755. The van der Waals surface area contributed by atoms with Crippen molar-refractivity contribution in [3.8, 4) is 0 Å². The first-order valence-electron chi connectivity index (χ1n) is 7.46. The Labute approximate surface area is 125 Å². The Kier molecular flexibility index (Phi) is 4.52. The Balaban J connectivity index is 1.51. The average molecular weight is 286 g/mol. The minimum Gasteiger partial charge on any atom is -0.369 e. The second kappa shape index (κ2) is 6.74. The van der Waals surface area contributed by atoms with Crippen LogP contribution in [0.25, 0.3) is 0 Å². The van der Waals surface area contributed by atoms with Crippen LogP contribution >= 0.6 is 0 Å². The summed E-state index contributed by atoms with van der Waals surface area (Å²) in [5.41, 5.74) is 2.28. The molecule has 1 N–H and O–H groups in total. The zero-order chi connectivity index (χ0) is 14.5. The Morgan fingerprint density at radius 2 is 1.90 bits per heavy atom. The van der Waals surface area contributed by atoms with Gasteiger partial charge in [0.2, 0.25) is 0 Å². The van der Waals surface area contributed by atoms with Crippen LogP contribution in [-0.2, 0) is 13.1 Å². The van der Waals surface area contributed by atoms with Gasteiger partial charge in [-0.15, -0.1) is 0 Å². The van der Waals surface area contributed by atoms with Crippen molar-refractivity contribution in [2.45, 2.75) is 13.1 Å². The third kappa shape index (κ3) is 3.62. The fourth-order valence-corrected chi connectivity index (χ4v) is 2.72. The topological polar surface area (TPSA) is 44.5 Å². The van der Waals surface area contributed by atoms with Crippen LogP contribution in [0, 0.1) is 0 Å². The van der Waals surface area contributed by atoms with Crippen molar-refractivity contribution >= 4 is 5.69 Å². The lowest BCUT2D eigenvalue weighted by atomic mass is 10.2. The summed E-state index contributed by atoms with van der Waals surface area (Å²) >= 11 is 0. The summed E-state index contributed by atoms with van der Waals surface area (Å²) in [7, 11) is 1.91. The van der Waals surface area contributed by atoms with Gasteiger partial charge in [0.15, 0.2) is 5.76 Å². The molecule has 0 bridgehead atoms. The highest BCUT2D eigenvalue weighted by atomic mass is 16.5. The van der Waals surface area contributed by atoms with Gasteiger partial charge >= 0.3 is 0 Å². The first kappa shape index (κ1) is 14.1. The van der Waals surface area contributed by atoms with Crippen LogP contribution in [0.4, 0.5) is 5.69 Å². The summed E-state index contributed by atoms with van der Waals surface area (Å²) < 4.78 is 5.39. The molecule has 1 aliphatic rings. The summed E-state index contributed by atoms with van der Waals surface area (Å²) in [4.78, 5) is 4.85. The zero-order valence-electron chi connectivity index (χ0n) is 12.5. The molecule has 112 valence electrons. The monoisotopic (exact) mass is 286 g/mol. The van der Waals surface area contributed by atoms with Gasteiger partial charge in [0.25, 0.3) is 0 Å². The van der Waals surface area contributed by atoms with E-state index >= 15 is 0 Å². The molecule has 1 fully saturated rings. The lowest BCUT2D eigenvalue weighted by molar-refractivity contribution is 0.219. The van der Waals surface area contributed by atoms with Crippen LogP contribution in [0.1, 0.15) is 11.5 Å². The van der Waals surface area contributed by atoms with E-state index in [0.29, 0.717) is 0 Å². The second-order valence-corrected chi connectivity index (χ2v) is 5.41. The maximum atomic E-state index is 5.39. The van der Waals surface area contributed by atoms with E-state index in [0.717, 1.165) is 50.7 Å². The molecule has 5 heteroatoms. The van der Waals surface area contributed by atoms with Gasteiger partial charge in [0.1, 0.15) is 0 Å². The molecular weight excluding hydrogens is 264 g/mol. The summed E-state index contributed by atoms with van der Waals surface area (Å²) in [6, 6.07) is 12.7. The van der Waals surface area contributed by atoms with Crippen LogP contribution in [-0.4, -0.2) is 43.3 Å². The number of hydrogen-bond donors (Lipinski definition) is 1. The lowest BCUT2D eigenvalue weighted by Gasteiger charge is -2.35. The third-order valence-electron chi connectivity index (χ3n) is 3.84. The highest BCUT2D eigenvalue weighted by Crippen LogP contribution is 2.17. The summed E-state index contributed by atoms with van der Waals surface area (Å²) in [6.45, 7) is 5.82. The molecular formula is C16H22N4O. The van der Waals surface area contributed by atoms with Gasteiger partial charge < -0.3 is 14.7 Å². The van der Waals surface area contributed by atoms with E-state index in [1.165, 1.54) is 5.69 Å². The first-order chi connectivity index (χ1) is 10.3. The van der Waals surface area contributed by atoms with Gasteiger partial charge in [-0.25, -0.2) is 0 Å². The smallest absolute Gasteiger partial charge is 0.151 e. The van der Waals surface area contributed by atoms with Crippen LogP contribution in [0.2, 0.25) is 0 Å². The lowest BCUT2D eigenvalue weighted by Crippen LogP contribution is -2.45. The third-order valence-corrected chi connectivity index (χ3v) is 3.84. The summed E-state index contributed by atoms with van der Waals surface area (Å²) in [5, 5.41) is 7.14. The number of para-hydroxylation sites is 1. The summed E-state index contributed by atoms with van der Waals surface area (Å²) in [5.74, 6) is 0.952. The van der Waals surface area contributed by atoms with E-state index in [-0.39, 0.29) is 0 Å². The number of piperazine rings is 1. The van der Waals surface area contributed by atoms with Crippen molar-refractivity contribution in [2.24, 2.45) is 0 Å². The van der Waals surface area contributed by atoms with E-state index in [2.05, 4.69) is 50.6 Å². The van der Waals surface area contributed by atoms with Crippen molar-refractivity contribution in [3.63, 3.8) is 0 Å². The normalized spacial score (nSPS) is 16.3. The van der Waals surface area contributed by atoms with Gasteiger partial charge in [-0.2, -0.15) is 0 Å². The largest absolute Gasteiger partial charge is 0.369 e. The predicted octanol–water partition coefficient (Wildman–Crippen LogP) is 1.72. The number of aromatic nitrogens is 1. The second-order valence-electron chi connectivity index (χ2n) is 5.41. The van der Waals surface area contributed by atoms with Crippen molar-refractivity contribution in [3.05, 3.63) is 47.9 Å². The van der Waals surface area contributed by atoms with E-state index < -0.39 is 0 Å². The van der Waals surface area contributed by atoms with E-state index in [9.17, 15) is 0 Å². The molecule has 0 radical (unpaired) electrons. The maximum Gasteiger partial charge on any atom is 0.151 e. The minimum atomic E-state index is 0.755. The highest BCUT2D eigenvalue weighted by Gasteiger charge is 2.18. The van der Waals surface area contributed by atoms with Crippen molar-refractivity contribution in [1.29, 1.82) is 0 Å².